The van der Waals surface area contributed by atoms with Crippen LogP contribution in [0.25, 0.3) is 0 Å². The molecule has 1 aromatic heterocycles. The molecular formula is C16H25N3O4S2. The molecule has 0 saturated heterocycles. The van der Waals surface area contributed by atoms with Crippen molar-refractivity contribution in [1.29, 1.82) is 0 Å². The molecule has 9 heteroatoms. The fourth-order valence-electron chi connectivity index (χ4n) is 2.83. The van der Waals surface area contributed by atoms with E-state index in [-0.39, 0.29) is 17.8 Å². The fourth-order valence-corrected chi connectivity index (χ4v) is 4.41. The number of hydrogen-bond donors (Lipinski definition) is 2. The van der Waals surface area contributed by atoms with Gasteiger partial charge in [0, 0.05) is 19.2 Å². The van der Waals surface area contributed by atoms with Crippen molar-refractivity contribution in [1.82, 2.24) is 9.88 Å². The summed E-state index contributed by atoms with van der Waals surface area (Å²) in [7, 11) is 0. The topological polar surface area (TPSA) is 91.8 Å². The number of rotatable bonds is 9. The van der Waals surface area contributed by atoms with Gasteiger partial charge in [-0.05, 0) is 19.8 Å². The van der Waals surface area contributed by atoms with E-state index in [2.05, 4.69) is 10.3 Å². The number of carbonyl (C=O) groups excluding carboxylic acids is 1. The summed E-state index contributed by atoms with van der Waals surface area (Å²) >= 11 is 2.50. The van der Waals surface area contributed by atoms with Crippen molar-refractivity contribution in [2.24, 2.45) is 0 Å². The van der Waals surface area contributed by atoms with Crippen molar-refractivity contribution in [3.8, 4) is 0 Å². The number of ether oxygens (including phenoxy) is 1. The highest BCUT2D eigenvalue weighted by Crippen LogP contribution is 2.29. The lowest BCUT2D eigenvalue weighted by Gasteiger charge is -2.34. The van der Waals surface area contributed by atoms with Crippen LogP contribution in [0.15, 0.2) is 10.4 Å². The van der Waals surface area contributed by atoms with E-state index >= 15 is 0 Å². The smallest absolute Gasteiger partial charge is 0.323 e. The summed E-state index contributed by atoms with van der Waals surface area (Å²) < 4.78 is 6.19. The molecule has 140 valence electrons. The van der Waals surface area contributed by atoms with Crippen molar-refractivity contribution in [2.75, 3.05) is 30.8 Å². The number of nitrogens with one attached hydrogen (secondary N) is 1. The summed E-state index contributed by atoms with van der Waals surface area (Å²) in [6, 6.07) is 0.0887. The van der Waals surface area contributed by atoms with Crippen LogP contribution in [0.5, 0.6) is 0 Å². The predicted octanol–water partition coefficient (Wildman–Crippen LogP) is 3.52. The lowest BCUT2D eigenvalue weighted by Crippen LogP contribution is -2.45. The van der Waals surface area contributed by atoms with Crippen LogP contribution in [-0.4, -0.2) is 58.5 Å². The van der Waals surface area contributed by atoms with E-state index in [0.29, 0.717) is 24.9 Å². The van der Waals surface area contributed by atoms with Crippen molar-refractivity contribution in [2.45, 2.75) is 49.3 Å². The van der Waals surface area contributed by atoms with Crippen molar-refractivity contribution in [3.63, 3.8) is 0 Å². The molecule has 1 aliphatic rings. The standard InChI is InChI=1S/C16H25N3O4S2/c1-2-23-9-8-19(12-6-4-3-5-7-12)16(22)18-15-17-10-14(25-15)24-11-13(20)21/h10,12H,2-9,11H2,1H3,(H,20,21)(H,17,18,22). The average molecular weight is 388 g/mol. The highest BCUT2D eigenvalue weighted by molar-refractivity contribution is 8.01. The molecule has 1 aliphatic carbocycles. The molecule has 0 radical (unpaired) electrons. The minimum absolute atomic E-state index is 0.0157. The average Bonchev–Trinajstić information content (AvgIpc) is 3.05. The van der Waals surface area contributed by atoms with E-state index in [1.165, 1.54) is 29.5 Å². The van der Waals surface area contributed by atoms with Gasteiger partial charge in [0.05, 0.1) is 22.8 Å². The third-order valence-corrected chi connectivity index (χ3v) is 6.09. The van der Waals surface area contributed by atoms with Gasteiger partial charge in [0.2, 0.25) is 0 Å². The lowest BCUT2D eigenvalue weighted by molar-refractivity contribution is -0.133. The molecule has 0 bridgehead atoms. The van der Waals surface area contributed by atoms with E-state index < -0.39 is 5.97 Å². The number of aromatic nitrogens is 1. The molecule has 0 spiro atoms. The summed E-state index contributed by atoms with van der Waals surface area (Å²) in [6.45, 7) is 3.67. The Morgan fingerprint density at radius 3 is 2.88 bits per heavy atom. The first kappa shape index (κ1) is 20.0. The quantitative estimate of drug-likeness (QED) is 0.497. The SMILES string of the molecule is CCOCCN(C(=O)Nc1ncc(SCC(=O)O)s1)C1CCCCC1. The summed E-state index contributed by atoms with van der Waals surface area (Å²) in [5.41, 5.74) is 0. The molecule has 2 N–H and O–H groups in total. The van der Waals surface area contributed by atoms with Crippen LogP contribution in [0.3, 0.4) is 0 Å². The van der Waals surface area contributed by atoms with Gasteiger partial charge in [-0.25, -0.2) is 9.78 Å². The maximum Gasteiger partial charge on any atom is 0.323 e. The van der Waals surface area contributed by atoms with Gasteiger partial charge in [-0.3, -0.25) is 10.1 Å². The van der Waals surface area contributed by atoms with E-state index in [0.717, 1.165) is 29.9 Å². The molecular weight excluding hydrogens is 362 g/mol. The maximum atomic E-state index is 12.7. The normalized spacial score (nSPS) is 15.1. The zero-order chi connectivity index (χ0) is 18.1. The van der Waals surface area contributed by atoms with E-state index in [1.807, 2.05) is 11.8 Å². The molecule has 2 amide bonds. The van der Waals surface area contributed by atoms with Gasteiger partial charge in [0.15, 0.2) is 5.13 Å². The molecule has 1 heterocycles. The number of aliphatic carboxylic acids is 1. The summed E-state index contributed by atoms with van der Waals surface area (Å²) in [4.78, 5) is 29.4. The summed E-state index contributed by atoms with van der Waals surface area (Å²) in [5, 5.41) is 12.1. The number of anilines is 1. The third kappa shape index (κ3) is 6.83. The second-order valence-electron chi connectivity index (χ2n) is 5.78. The van der Waals surface area contributed by atoms with Crippen LogP contribution in [0, 0.1) is 0 Å². The van der Waals surface area contributed by atoms with Crippen LogP contribution < -0.4 is 5.32 Å². The Balaban J connectivity index is 1.94. The van der Waals surface area contributed by atoms with Crippen molar-refractivity contribution in [3.05, 3.63) is 6.20 Å². The van der Waals surface area contributed by atoms with Gasteiger partial charge in [0.25, 0.3) is 0 Å². The van der Waals surface area contributed by atoms with Gasteiger partial charge >= 0.3 is 12.0 Å². The largest absolute Gasteiger partial charge is 0.481 e. The number of nitrogens with zero attached hydrogens (tertiary/aromatic N) is 2. The number of thioether (sulfide) groups is 1. The van der Waals surface area contributed by atoms with E-state index in [4.69, 9.17) is 9.84 Å². The van der Waals surface area contributed by atoms with Gasteiger partial charge in [0.1, 0.15) is 0 Å². The number of amides is 2. The molecule has 0 aromatic carbocycles. The van der Waals surface area contributed by atoms with E-state index in [1.54, 1.807) is 6.20 Å². The molecule has 1 fully saturated rings. The first-order valence-corrected chi connectivity index (χ1v) is 10.4. The van der Waals surface area contributed by atoms with Crippen LogP contribution >= 0.6 is 23.1 Å². The Morgan fingerprint density at radius 1 is 1.44 bits per heavy atom. The molecule has 0 atom stereocenters. The summed E-state index contributed by atoms with van der Waals surface area (Å²) in [6.07, 6.45) is 7.17. The number of carboxylic acids is 1. The van der Waals surface area contributed by atoms with Crippen molar-refractivity contribution >= 4 is 40.2 Å². The predicted molar refractivity (Wildman–Crippen MR) is 99.6 cm³/mol. The van der Waals surface area contributed by atoms with Gasteiger partial charge in [-0.15, -0.1) is 11.8 Å². The van der Waals surface area contributed by atoms with Gasteiger partial charge in [-0.2, -0.15) is 0 Å². The second-order valence-corrected chi connectivity index (χ2v) is 8.09. The van der Waals surface area contributed by atoms with Crippen LogP contribution in [-0.2, 0) is 9.53 Å². The molecule has 7 nitrogen and oxygen atoms in total. The van der Waals surface area contributed by atoms with Crippen molar-refractivity contribution < 1.29 is 19.4 Å². The molecule has 2 rings (SSSR count). The Morgan fingerprint density at radius 2 is 2.20 bits per heavy atom. The van der Waals surface area contributed by atoms with Crippen LogP contribution in [0.1, 0.15) is 39.0 Å². The van der Waals surface area contributed by atoms with Gasteiger partial charge in [-0.1, -0.05) is 30.6 Å². The molecule has 1 saturated carbocycles. The molecule has 0 aliphatic heterocycles. The Hall–Kier alpha value is -1.32. The Bertz CT molecular complexity index is 561. The third-order valence-electron chi connectivity index (χ3n) is 3.99. The lowest BCUT2D eigenvalue weighted by atomic mass is 9.94. The second kappa shape index (κ2) is 10.6. The molecule has 0 unspecified atom stereocenters. The minimum Gasteiger partial charge on any atom is -0.481 e. The highest BCUT2D eigenvalue weighted by atomic mass is 32.2. The summed E-state index contributed by atoms with van der Waals surface area (Å²) in [5.74, 6) is -0.888. The number of carbonyl (C=O) groups is 2. The monoisotopic (exact) mass is 387 g/mol. The minimum atomic E-state index is -0.872. The van der Waals surface area contributed by atoms with Crippen LogP contribution in [0.2, 0.25) is 0 Å². The first-order valence-electron chi connectivity index (χ1n) is 8.56. The number of thiazole rings is 1. The Kier molecular flexibility index (Phi) is 8.50. The Labute approximate surface area is 156 Å². The maximum absolute atomic E-state index is 12.7. The van der Waals surface area contributed by atoms with Crippen LogP contribution in [0.4, 0.5) is 9.93 Å². The number of hydrogen-bond acceptors (Lipinski definition) is 6. The number of carboxylic acid groups (broad SMARTS) is 1. The number of urea groups is 1. The fraction of sp³-hybridized carbons (Fsp3) is 0.688. The molecule has 1 aromatic rings. The van der Waals surface area contributed by atoms with E-state index in [9.17, 15) is 9.59 Å². The zero-order valence-corrected chi connectivity index (χ0v) is 16.0. The highest BCUT2D eigenvalue weighted by Gasteiger charge is 2.25. The molecule has 25 heavy (non-hydrogen) atoms. The van der Waals surface area contributed by atoms with Gasteiger partial charge < -0.3 is 14.7 Å². The zero-order valence-electron chi connectivity index (χ0n) is 14.4. The first-order chi connectivity index (χ1) is 12.1.